The van der Waals surface area contributed by atoms with Crippen LogP contribution in [0.2, 0.25) is 0 Å². The Morgan fingerprint density at radius 3 is 2.68 bits per heavy atom. The smallest absolute Gasteiger partial charge is 0.307 e. The minimum absolute atomic E-state index is 0.187. The van der Waals surface area contributed by atoms with Crippen molar-refractivity contribution in [1.29, 1.82) is 0 Å². The molecule has 0 aliphatic carbocycles. The molecule has 0 heterocycles. The van der Waals surface area contributed by atoms with Gasteiger partial charge in [0.2, 0.25) is 0 Å². The third kappa shape index (κ3) is 4.79. The molecule has 106 valence electrons. The Labute approximate surface area is 113 Å². The lowest BCUT2D eigenvalue weighted by Gasteiger charge is -2.13. The van der Waals surface area contributed by atoms with E-state index in [2.05, 4.69) is 5.32 Å². The first-order valence-electron chi connectivity index (χ1n) is 6.29. The molecule has 0 amide bonds. The summed E-state index contributed by atoms with van der Waals surface area (Å²) in [5.41, 5.74) is 0.991. The quantitative estimate of drug-likeness (QED) is 0.574. The highest BCUT2D eigenvalue weighted by Crippen LogP contribution is 2.30. The number of carbonyl (C=O) groups excluding carboxylic acids is 1. The molecule has 0 aromatic heterocycles. The van der Waals surface area contributed by atoms with Crippen molar-refractivity contribution in [3.05, 3.63) is 23.8 Å². The summed E-state index contributed by atoms with van der Waals surface area (Å²) in [4.78, 5) is 11.2. The van der Waals surface area contributed by atoms with Gasteiger partial charge in [0.25, 0.3) is 0 Å². The van der Waals surface area contributed by atoms with Gasteiger partial charge in [-0.2, -0.15) is 0 Å². The third-order valence-corrected chi connectivity index (χ3v) is 2.61. The number of carbonyl (C=O) groups is 1. The van der Waals surface area contributed by atoms with Crippen LogP contribution in [0.25, 0.3) is 0 Å². The van der Waals surface area contributed by atoms with E-state index < -0.39 is 0 Å². The van der Waals surface area contributed by atoms with Crippen LogP contribution in [0.5, 0.6) is 11.5 Å². The summed E-state index contributed by atoms with van der Waals surface area (Å²) in [7, 11) is 3.22. The minimum Gasteiger partial charge on any atom is -0.493 e. The number of methoxy groups -OCH3 is 2. The van der Waals surface area contributed by atoms with Gasteiger partial charge >= 0.3 is 5.97 Å². The van der Waals surface area contributed by atoms with Gasteiger partial charge in [0.05, 0.1) is 27.2 Å². The summed E-state index contributed by atoms with van der Waals surface area (Å²) in [5.74, 6) is 1.23. The Bertz CT molecular complexity index is 406. The molecule has 5 nitrogen and oxygen atoms in total. The van der Waals surface area contributed by atoms with Crippen molar-refractivity contribution in [3.8, 4) is 11.5 Å². The van der Waals surface area contributed by atoms with Gasteiger partial charge in [-0.05, 0) is 13.0 Å². The molecular formula is C14H21NO4. The Hall–Kier alpha value is -1.75. The second-order valence-electron chi connectivity index (χ2n) is 3.88. The van der Waals surface area contributed by atoms with Crippen molar-refractivity contribution >= 4 is 5.97 Å². The number of hydrogen-bond donors (Lipinski definition) is 1. The third-order valence-electron chi connectivity index (χ3n) is 2.61. The first-order chi connectivity index (χ1) is 9.22. The topological polar surface area (TPSA) is 56.8 Å². The molecule has 0 bridgehead atoms. The molecule has 0 radical (unpaired) electrons. The number of esters is 1. The lowest BCUT2D eigenvalue weighted by Crippen LogP contribution is -2.19. The Morgan fingerprint density at radius 1 is 1.26 bits per heavy atom. The van der Waals surface area contributed by atoms with Crippen molar-refractivity contribution in [2.45, 2.75) is 19.9 Å². The lowest BCUT2D eigenvalue weighted by molar-refractivity contribution is -0.142. The van der Waals surface area contributed by atoms with Crippen molar-refractivity contribution in [2.75, 3.05) is 27.4 Å². The Morgan fingerprint density at radius 2 is 2.05 bits per heavy atom. The first-order valence-corrected chi connectivity index (χ1v) is 6.29. The highest BCUT2D eigenvalue weighted by atomic mass is 16.5. The zero-order valence-electron chi connectivity index (χ0n) is 11.7. The molecule has 1 aromatic carbocycles. The van der Waals surface area contributed by atoms with Crippen molar-refractivity contribution < 1.29 is 19.0 Å². The maximum absolute atomic E-state index is 11.2. The van der Waals surface area contributed by atoms with E-state index in [9.17, 15) is 4.79 Å². The fourth-order valence-corrected chi connectivity index (χ4v) is 1.74. The molecular weight excluding hydrogens is 246 g/mol. The Kier molecular flexibility index (Phi) is 6.74. The van der Waals surface area contributed by atoms with Gasteiger partial charge in [-0.1, -0.05) is 12.1 Å². The van der Waals surface area contributed by atoms with Crippen molar-refractivity contribution in [1.82, 2.24) is 5.32 Å². The van der Waals surface area contributed by atoms with Crippen LogP contribution in [-0.2, 0) is 16.1 Å². The average molecular weight is 267 g/mol. The van der Waals surface area contributed by atoms with E-state index in [1.165, 1.54) is 0 Å². The van der Waals surface area contributed by atoms with Crippen LogP contribution < -0.4 is 14.8 Å². The van der Waals surface area contributed by atoms with Crippen LogP contribution >= 0.6 is 0 Å². The second kappa shape index (κ2) is 8.37. The monoisotopic (exact) mass is 267 g/mol. The molecule has 1 aromatic rings. The normalized spacial score (nSPS) is 10.1. The Balaban J connectivity index is 2.47. The maximum Gasteiger partial charge on any atom is 0.307 e. The van der Waals surface area contributed by atoms with E-state index in [4.69, 9.17) is 14.2 Å². The zero-order valence-corrected chi connectivity index (χ0v) is 11.7. The van der Waals surface area contributed by atoms with Crippen LogP contribution in [0, 0.1) is 0 Å². The molecule has 0 saturated carbocycles. The van der Waals surface area contributed by atoms with Crippen LogP contribution in [-0.4, -0.2) is 33.3 Å². The molecule has 0 fully saturated rings. The fraction of sp³-hybridized carbons (Fsp3) is 0.500. The predicted octanol–water partition coefficient (Wildman–Crippen LogP) is 1.75. The number of rotatable bonds is 8. The molecule has 0 aliphatic heterocycles. The molecule has 1 N–H and O–H groups in total. The summed E-state index contributed by atoms with van der Waals surface area (Å²) in [6, 6.07) is 5.71. The molecule has 0 unspecified atom stereocenters. The largest absolute Gasteiger partial charge is 0.493 e. The summed E-state index contributed by atoms with van der Waals surface area (Å²) >= 11 is 0. The maximum atomic E-state index is 11.2. The number of benzene rings is 1. The SMILES string of the molecule is CCOC(=O)CCNCc1cccc(OC)c1OC. The van der Waals surface area contributed by atoms with E-state index in [1.807, 2.05) is 18.2 Å². The molecule has 0 aliphatic rings. The van der Waals surface area contributed by atoms with Gasteiger partial charge in [0.15, 0.2) is 11.5 Å². The number of nitrogens with one attached hydrogen (secondary N) is 1. The molecule has 0 saturated heterocycles. The summed E-state index contributed by atoms with van der Waals surface area (Å²) in [6.45, 7) is 3.40. The van der Waals surface area contributed by atoms with Gasteiger partial charge in [0, 0.05) is 18.7 Å². The first kappa shape index (κ1) is 15.3. The fourth-order valence-electron chi connectivity index (χ4n) is 1.74. The second-order valence-corrected chi connectivity index (χ2v) is 3.88. The summed E-state index contributed by atoms with van der Waals surface area (Å²) in [6.07, 6.45) is 0.361. The minimum atomic E-state index is -0.187. The van der Waals surface area contributed by atoms with E-state index in [1.54, 1.807) is 21.1 Å². The van der Waals surface area contributed by atoms with Gasteiger partial charge in [-0.3, -0.25) is 4.79 Å². The van der Waals surface area contributed by atoms with Crippen LogP contribution in [0.1, 0.15) is 18.9 Å². The van der Waals surface area contributed by atoms with Gasteiger partial charge < -0.3 is 19.5 Å². The predicted molar refractivity (Wildman–Crippen MR) is 72.5 cm³/mol. The van der Waals surface area contributed by atoms with E-state index >= 15 is 0 Å². The van der Waals surface area contributed by atoms with Crippen molar-refractivity contribution in [3.63, 3.8) is 0 Å². The van der Waals surface area contributed by atoms with E-state index in [-0.39, 0.29) is 5.97 Å². The van der Waals surface area contributed by atoms with E-state index in [0.29, 0.717) is 37.6 Å². The summed E-state index contributed by atoms with van der Waals surface area (Å²) < 4.78 is 15.4. The molecule has 0 atom stereocenters. The molecule has 0 spiro atoms. The van der Waals surface area contributed by atoms with Gasteiger partial charge in [-0.15, -0.1) is 0 Å². The standard InChI is InChI=1S/C14H21NO4/c1-4-19-13(16)8-9-15-10-11-6-5-7-12(17-2)14(11)18-3/h5-7,15H,4,8-10H2,1-3H3. The molecule has 5 heteroatoms. The number of hydrogen-bond acceptors (Lipinski definition) is 5. The summed E-state index contributed by atoms with van der Waals surface area (Å²) in [5, 5.41) is 3.18. The van der Waals surface area contributed by atoms with Crippen LogP contribution in [0.15, 0.2) is 18.2 Å². The zero-order chi connectivity index (χ0) is 14.1. The number of para-hydroxylation sites is 1. The van der Waals surface area contributed by atoms with E-state index in [0.717, 1.165) is 5.56 Å². The van der Waals surface area contributed by atoms with Crippen molar-refractivity contribution in [2.24, 2.45) is 0 Å². The molecule has 1 rings (SSSR count). The molecule has 19 heavy (non-hydrogen) atoms. The van der Waals surface area contributed by atoms with Gasteiger partial charge in [-0.25, -0.2) is 0 Å². The lowest BCUT2D eigenvalue weighted by atomic mass is 10.2. The average Bonchev–Trinajstić information content (AvgIpc) is 2.43. The highest BCUT2D eigenvalue weighted by molar-refractivity contribution is 5.69. The highest BCUT2D eigenvalue weighted by Gasteiger charge is 2.09. The van der Waals surface area contributed by atoms with Crippen LogP contribution in [0.4, 0.5) is 0 Å². The van der Waals surface area contributed by atoms with Crippen LogP contribution in [0.3, 0.4) is 0 Å². The number of ether oxygens (including phenoxy) is 3. The van der Waals surface area contributed by atoms with Gasteiger partial charge in [0.1, 0.15) is 0 Å².